The van der Waals surface area contributed by atoms with E-state index < -0.39 is 0 Å². The van der Waals surface area contributed by atoms with E-state index in [-0.39, 0.29) is 7.43 Å². The smallest absolute Gasteiger partial charge is 0.0107 e. The Morgan fingerprint density at radius 1 is 1.27 bits per heavy atom. The molecule has 0 unspecified atom stereocenters. The first-order valence-corrected chi connectivity index (χ1v) is 4.06. The molecule has 1 aliphatic heterocycles. The third-order valence-electron chi connectivity index (χ3n) is 1.89. The van der Waals surface area contributed by atoms with Crippen LogP contribution in [-0.2, 0) is 0 Å². The highest BCUT2D eigenvalue weighted by molar-refractivity contribution is 4.66. The highest BCUT2D eigenvalue weighted by Crippen LogP contribution is 1.92. The van der Waals surface area contributed by atoms with Gasteiger partial charge < -0.3 is 16.0 Å². The van der Waals surface area contributed by atoms with Crippen molar-refractivity contribution in [3.05, 3.63) is 0 Å². The van der Waals surface area contributed by atoms with Crippen molar-refractivity contribution in [3.63, 3.8) is 0 Å². The maximum Gasteiger partial charge on any atom is 0.0107 e. The van der Waals surface area contributed by atoms with Crippen molar-refractivity contribution in [2.24, 2.45) is 5.73 Å². The van der Waals surface area contributed by atoms with Crippen molar-refractivity contribution < 1.29 is 0 Å². The highest BCUT2D eigenvalue weighted by atomic mass is 15.2. The van der Waals surface area contributed by atoms with Crippen molar-refractivity contribution in [1.82, 2.24) is 10.2 Å². The number of piperazine rings is 1. The second-order valence-corrected chi connectivity index (χ2v) is 2.73. The lowest BCUT2D eigenvalue weighted by Gasteiger charge is -2.26. The van der Waals surface area contributed by atoms with Crippen LogP contribution < -0.4 is 11.1 Å². The summed E-state index contributed by atoms with van der Waals surface area (Å²) in [6, 6.07) is 0. The minimum absolute atomic E-state index is 0. The van der Waals surface area contributed by atoms with E-state index in [1.807, 2.05) is 0 Å². The van der Waals surface area contributed by atoms with Crippen molar-refractivity contribution in [2.75, 3.05) is 39.3 Å². The van der Waals surface area contributed by atoms with Gasteiger partial charge in [0, 0.05) is 26.2 Å². The fourth-order valence-corrected chi connectivity index (χ4v) is 1.25. The lowest BCUT2D eigenvalue weighted by atomic mass is 10.3. The van der Waals surface area contributed by atoms with Gasteiger partial charge in [0.05, 0.1) is 0 Å². The lowest BCUT2D eigenvalue weighted by molar-refractivity contribution is 0.240. The molecule has 1 aliphatic rings. The molecule has 0 aromatic carbocycles. The van der Waals surface area contributed by atoms with E-state index in [9.17, 15) is 0 Å². The van der Waals surface area contributed by atoms with Crippen LogP contribution in [0, 0.1) is 0 Å². The number of nitrogens with one attached hydrogen (secondary N) is 1. The fourth-order valence-electron chi connectivity index (χ4n) is 1.25. The number of nitrogens with zero attached hydrogens (tertiary/aromatic N) is 1. The lowest BCUT2D eigenvalue weighted by Crippen LogP contribution is -2.44. The molecule has 3 nitrogen and oxygen atoms in total. The molecule has 0 spiro atoms. The molecule has 1 fully saturated rings. The summed E-state index contributed by atoms with van der Waals surface area (Å²) in [4.78, 5) is 2.46. The molecule has 1 rings (SSSR count). The van der Waals surface area contributed by atoms with Crippen LogP contribution in [0.15, 0.2) is 0 Å². The molecular formula is C8H21N3. The molecule has 3 heteroatoms. The van der Waals surface area contributed by atoms with Crippen LogP contribution in [0.2, 0.25) is 0 Å². The Labute approximate surface area is 69.9 Å². The molecule has 0 saturated carbocycles. The molecule has 0 aromatic heterocycles. The molecule has 0 amide bonds. The summed E-state index contributed by atoms with van der Waals surface area (Å²) in [6.07, 6.45) is 1.14. The molecule has 68 valence electrons. The van der Waals surface area contributed by atoms with Gasteiger partial charge >= 0.3 is 0 Å². The quantitative estimate of drug-likeness (QED) is 0.603. The van der Waals surface area contributed by atoms with E-state index >= 15 is 0 Å². The van der Waals surface area contributed by atoms with Gasteiger partial charge in [-0.1, -0.05) is 7.43 Å². The predicted molar refractivity (Wildman–Crippen MR) is 49.7 cm³/mol. The van der Waals surface area contributed by atoms with Crippen LogP contribution in [0.25, 0.3) is 0 Å². The summed E-state index contributed by atoms with van der Waals surface area (Å²) in [6.45, 7) is 6.68. The summed E-state index contributed by atoms with van der Waals surface area (Å²) in [7, 11) is 0. The SMILES string of the molecule is C.NCCCN1CCNCC1. The number of hydrogen-bond acceptors (Lipinski definition) is 3. The maximum absolute atomic E-state index is 5.40. The summed E-state index contributed by atoms with van der Waals surface area (Å²) in [5, 5.41) is 3.32. The zero-order valence-corrected chi connectivity index (χ0v) is 6.47. The molecule has 1 saturated heterocycles. The van der Waals surface area contributed by atoms with Crippen molar-refractivity contribution in [2.45, 2.75) is 13.8 Å². The van der Waals surface area contributed by atoms with Gasteiger partial charge in [-0.05, 0) is 19.5 Å². The van der Waals surface area contributed by atoms with Gasteiger partial charge in [0.2, 0.25) is 0 Å². The third-order valence-corrected chi connectivity index (χ3v) is 1.89. The number of hydrogen-bond donors (Lipinski definition) is 2. The van der Waals surface area contributed by atoms with Gasteiger partial charge in [0.1, 0.15) is 0 Å². The van der Waals surface area contributed by atoms with Gasteiger partial charge in [-0.3, -0.25) is 0 Å². The second kappa shape index (κ2) is 6.58. The van der Waals surface area contributed by atoms with Crippen molar-refractivity contribution in [1.29, 1.82) is 0 Å². The Kier molecular flexibility index (Phi) is 6.51. The molecular weight excluding hydrogens is 138 g/mol. The van der Waals surface area contributed by atoms with Gasteiger partial charge in [0.25, 0.3) is 0 Å². The Morgan fingerprint density at radius 2 is 1.91 bits per heavy atom. The van der Waals surface area contributed by atoms with Crippen molar-refractivity contribution in [3.8, 4) is 0 Å². The van der Waals surface area contributed by atoms with E-state index in [0.717, 1.165) is 26.1 Å². The molecule has 11 heavy (non-hydrogen) atoms. The fraction of sp³-hybridized carbons (Fsp3) is 1.00. The predicted octanol–water partition coefficient (Wildman–Crippen LogP) is -0.123. The second-order valence-electron chi connectivity index (χ2n) is 2.73. The molecule has 0 bridgehead atoms. The molecule has 0 atom stereocenters. The first kappa shape index (κ1) is 10.9. The van der Waals surface area contributed by atoms with E-state index in [1.165, 1.54) is 19.6 Å². The maximum atomic E-state index is 5.40. The van der Waals surface area contributed by atoms with Crippen LogP contribution in [0.1, 0.15) is 13.8 Å². The van der Waals surface area contributed by atoms with E-state index in [4.69, 9.17) is 5.73 Å². The standard InChI is InChI=1S/C7H17N3.CH4/c8-2-1-5-10-6-3-9-4-7-10;/h9H,1-8H2;1H4. The average molecular weight is 159 g/mol. The van der Waals surface area contributed by atoms with Gasteiger partial charge in [0.15, 0.2) is 0 Å². The first-order chi connectivity index (χ1) is 4.93. The molecule has 1 heterocycles. The summed E-state index contributed by atoms with van der Waals surface area (Å²) < 4.78 is 0. The Hall–Kier alpha value is -0.120. The molecule has 3 N–H and O–H groups in total. The van der Waals surface area contributed by atoms with Gasteiger partial charge in [-0.2, -0.15) is 0 Å². The molecule has 0 aliphatic carbocycles. The Balaban J connectivity index is 0.000001000. The topological polar surface area (TPSA) is 41.3 Å². The monoisotopic (exact) mass is 159 g/mol. The number of rotatable bonds is 3. The van der Waals surface area contributed by atoms with Gasteiger partial charge in [-0.25, -0.2) is 0 Å². The molecule has 0 radical (unpaired) electrons. The third kappa shape index (κ3) is 4.35. The van der Waals surface area contributed by atoms with E-state index in [0.29, 0.717) is 0 Å². The summed E-state index contributed by atoms with van der Waals surface area (Å²) in [5.41, 5.74) is 5.40. The summed E-state index contributed by atoms with van der Waals surface area (Å²) >= 11 is 0. The largest absolute Gasteiger partial charge is 0.330 e. The van der Waals surface area contributed by atoms with E-state index in [1.54, 1.807) is 0 Å². The zero-order chi connectivity index (χ0) is 7.23. The average Bonchev–Trinajstić information content (AvgIpc) is 2.03. The van der Waals surface area contributed by atoms with Crippen LogP contribution >= 0.6 is 0 Å². The van der Waals surface area contributed by atoms with Crippen LogP contribution in [-0.4, -0.2) is 44.2 Å². The summed E-state index contributed by atoms with van der Waals surface area (Å²) in [5.74, 6) is 0. The minimum atomic E-state index is 0. The highest BCUT2D eigenvalue weighted by Gasteiger charge is 2.06. The van der Waals surface area contributed by atoms with Crippen LogP contribution in [0.4, 0.5) is 0 Å². The van der Waals surface area contributed by atoms with Crippen LogP contribution in [0.5, 0.6) is 0 Å². The van der Waals surface area contributed by atoms with Crippen LogP contribution in [0.3, 0.4) is 0 Å². The Morgan fingerprint density at radius 3 is 2.45 bits per heavy atom. The van der Waals surface area contributed by atoms with E-state index in [2.05, 4.69) is 10.2 Å². The molecule has 0 aromatic rings. The van der Waals surface area contributed by atoms with Crippen molar-refractivity contribution >= 4 is 0 Å². The zero-order valence-electron chi connectivity index (χ0n) is 6.47. The Bertz CT molecular complexity index is 79.4. The number of nitrogens with two attached hydrogens (primary N) is 1. The first-order valence-electron chi connectivity index (χ1n) is 4.06. The normalized spacial score (nSPS) is 19.4. The minimum Gasteiger partial charge on any atom is -0.330 e. The van der Waals surface area contributed by atoms with Gasteiger partial charge in [-0.15, -0.1) is 0 Å².